The minimum atomic E-state index is 0.513. The minimum absolute atomic E-state index is 0.513. The number of aromatic nitrogens is 1. The van der Waals surface area contributed by atoms with Gasteiger partial charge in [0.05, 0.1) is 12.3 Å². The molecular weight excluding hydrogens is 230 g/mol. The van der Waals surface area contributed by atoms with Gasteiger partial charge in [-0.2, -0.15) is 4.98 Å². The molecule has 0 bridgehead atoms. The molecule has 18 heavy (non-hydrogen) atoms. The summed E-state index contributed by atoms with van der Waals surface area (Å²) in [6, 6.07) is 3.68. The number of hydrogen-bond donors (Lipinski definition) is 2. The van der Waals surface area contributed by atoms with Crippen molar-refractivity contribution in [3.05, 3.63) is 12.1 Å². The lowest BCUT2D eigenvalue weighted by atomic mass is 10.3. The molecule has 0 saturated carbocycles. The van der Waals surface area contributed by atoms with Crippen LogP contribution in [0.5, 0.6) is 5.88 Å². The maximum Gasteiger partial charge on any atom is 0.239 e. The summed E-state index contributed by atoms with van der Waals surface area (Å²) in [5, 5.41) is 3.25. The number of nitrogens with two attached hydrogens (primary N) is 1. The average molecular weight is 253 g/mol. The first kappa shape index (κ1) is 14.6. The molecule has 102 valence electrons. The molecule has 1 heterocycles. The monoisotopic (exact) mass is 253 g/mol. The first-order valence-corrected chi connectivity index (χ1v) is 6.40. The molecule has 0 spiro atoms. The summed E-state index contributed by atoms with van der Waals surface area (Å²) in [5.74, 6) is 1.31. The summed E-state index contributed by atoms with van der Waals surface area (Å²) in [6.07, 6.45) is 3.03. The van der Waals surface area contributed by atoms with Crippen molar-refractivity contribution in [2.75, 3.05) is 37.9 Å². The number of nitrogens with zero attached hydrogens (tertiary/aromatic N) is 1. The zero-order valence-corrected chi connectivity index (χ0v) is 11.2. The fourth-order valence-corrected chi connectivity index (χ4v) is 1.45. The van der Waals surface area contributed by atoms with Gasteiger partial charge in [-0.3, -0.25) is 0 Å². The van der Waals surface area contributed by atoms with Crippen LogP contribution in [-0.2, 0) is 4.74 Å². The van der Waals surface area contributed by atoms with Gasteiger partial charge in [0.25, 0.3) is 0 Å². The van der Waals surface area contributed by atoms with Crippen LogP contribution >= 0.6 is 0 Å². The Morgan fingerprint density at radius 1 is 1.28 bits per heavy atom. The third-order valence-corrected chi connectivity index (χ3v) is 2.41. The molecule has 0 aliphatic heterocycles. The molecule has 0 radical (unpaired) electrons. The summed E-state index contributed by atoms with van der Waals surface area (Å²) >= 11 is 0. The Balaban J connectivity index is 2.40. The van der Waals surface area contributed by atoms with Crippen molar-refractivity contribution in [1.82, 2.24) is 4.98 Å². The van der Waals surface area contributed by atoms with Crippen LogP contribution in [0.1, 0.15) is 26.2 Å². The van der Waals surface area contributed by atoms with Gasteiger partial charge in [-0.25, -0.2) is 0 Å². The fourth-order valence-electron chi connectivity index (χ4n) is 1.45. The van der Waals surface area contributed by atoms with Crippen LogP contribution in [0.2, 0.25) is 0 Å². The first-order chi connectivity index (χ1) is 8.77. The lowest BCUT2D eigenvalue weighted by Gasteiger charge is -2.10. The van der Waals surface area contributed by atoms with E-state index in [1.165, 1.54) is 0 Å². The number of anilines is 2. The van der Waals surface area contributed by atoms with Crippen LogP contribution in [0.25, 0.3) is 0 Å². The van der Waals surface area contributed by atoms with Gasteiger partial charge in [0.2, 0.25) is 5.88 Å². The van der Waals surface area contributed by atoms with Crippen LogP contribution in [0, 0.1) is 0 Å². The zero-order chi connectivity index (χ0) is 13.2. The number of nitrogens with one attached hydrogen (secondary N) is 1. The molecule has 5 heteroatoms. The highest BCUT2D eigenvalue weighted by Crippen LogP contribution is 2.20. The molecule has 3 N–H and O–H groups in total. The maximum atomic E-state index is 5.79. The van der Waals surface area contributed by atoms with Gasteiger partial charge in [0.1, 0.15) is 5.82 Å². The molecule has 1 aromatic rings. The summed E-state index contributed by atoms with van der Waals surface area (Å²) < 4.78 is 10.5. The molecule has 5 nitrogen and oxygen atoms in total. The third-order valence-electron chi connectivity index (χ3n) is 2.41. The van der Waals surface area contributed by atoms with E-state index in [9.17, 15) is 0 Å². The van der Waals surface area contributed by atoms with Crippen LogP contribution in [0.3, 0.4) is 0 Å². The Hall–Kier alpha value is -1.49. The fraction of sp³-hybridized carbons (Fsp3) is 0.615. The first-order valence-electron chi connectivity index (χ1n) is 6.40. The standard InChI is InChI=1S/C13H23N3O2/c1-3-9-18-13-11(14)6-7-12(16-13)15-8-4-5-10-17-2/h6-7H,3-5,8-10,14H2,1-2H3,(H,15,16). The molecule has 0 aromatic carbocycles. The Morgan fingerprint density at radius 3 is 2.83 bits per heavy atom. The molecule has 0 fully saturated rings. The van der Waals surface area contributed by atoms with Crippen LogP contribution in [0.4, 0.5) is 11.5 Å². The van der Waals surface area contributed by atoms with E-state index in [1.807, 2.05) is 19.1 Å². The van der Waals surface area contributed by atoms with E-state index < -0.39 is 0 Å². The van der Waals surface area contributed by atoms with Crippen LogP contribution in [0.15, 0.2) is 12.1 Å². The van der Waals surface area contributed by atoms with Crippen molar-refractivity contribution in [3.8, 4) is 5.88 Å². The van der Waals surface area contributed by atoms with Crippen molar-refractivity contribution in [2.24, 2.45) is 0 Å². The van der Waals surface area contributed by atoms with Crippen molar-refractivity contribution in [3.63, 3.8) is 0 Å². The third kappa shape index (κ3) is 5.23. The van der Waals surface area contributed by atoms with Crippen molar-refractivity contribution >= 4 is 11.5 Å². The van der Waals surface area contributed by atoms with Gasteiger partial charge < -0.3 is 20.5 Å². The number of hydrogen-bond acceptors (Lipinski definition) is 5. The van der Waals surface area contributed by atoms with Crippen molar-refractivity contribution in [1.29, 1.82) is 0 Å². The summed E-state index contributed by atoms with van der Waals surface area (Å²) in [4.78, 5) is 4.34. The predicted molar refractivity (Wildman–Crippen MR) is 74.0 cm³/mol. The second kappa shape index (κ2) is 8.58. The Kier molecular flexibility index (Phi) is 6.94. The average Bonchev–Trinajstić information content (AvgIpc) is 2.39. The Morgan fingerprint density at radius 2 is 2.11 bits per heavy atom. The van der Waals surface area contributed by atoms with E-state index in [-0.39, 0.29) is 0 Å². The molecule has 1 aromatic heterocycles. The highest BCUT2D eigenvalue weighted by Gasteiger charge is 2.03. The minimum Gasteiger partial charge on any atom is -0.476 e. The molecule has 0 saturated heterocycles. The highest BCUT2D eigenvalue weighted by molar-refractivity contribution is 5.53. The molecule has 0 amide bonds. The number of methoxy groups -OCH3 is 1. The number of nitrogen functional groups attached to an aromatic ring is 1. The number of unbranched alkanes of at least 4 members (excludes halogenated alkanes) is 1. The quantitative estimate of drug-likeness (QED) is 0.661. The van der Waals surface area contributed by atoms with Gasteiger partial charge in [-0.05, 0) is 31.4 Å². The molecule has 0 atom stereocenters. The molecule has 0 aliphatic carbocycles. The smallest absolute Gasteiger partial charge is 0.239 e. The highest BCUT2D eigenvalue weighted by atomic mass is 16.5. The summed E-state index contributed by atoms with van der Waals surface area (Å²) in [7, 11) is 1.71. The normalized spacial score (nSPS) is 10.3. The molecule has 1 rings (SSSR count). The van der Waals surface area contributed by atoms with E-state index in [1.54, 1.807) is 7.11 Å². The molecule has 0 aliphatic rings. The number of pyridine rings is 1. The van der Waals surface area contributed by atoms with Crippen LogP contribution in [-0.4, -0.2) is 31.9 Å². The van der Waals surface area contributed by atoms with Gasteiger partial charge in [-0.15, -0.1) is 0 Å². The summed E-state index contributed by atoms with van der Waals surface area (Å²) in [5.41, 5.74) is 6.37. The lowest BCUT2D eigenvalue weighted by molar-refractivity contribution is 0.194. The summed E-state index contributed by atoms with van der Waals surface area (Å²) in [6.45, 7) is 4.35. The van der Waals surface area contributed by atoms with E-state index in [0.717, 1.165) is 38.2 Å². The van der Waals surface area contributed by atoms with E-state index in [2.05, 4.69) is 10.3 Å². The second-order valence-electron chi connectivity index (χ2n) is 4.07. The van der Waals surface area contributed by atoms with Gasteiger partial charge in [-0.1, -0.05) is 6.92 Å². The Labute approximate surface area is 109 Å². The predicted octanol–water partition coefficient (Wildman–Crippen LogP) is 2.29. The van der Waals surface area contributed by atoms with E-state index >= 15 is 0 Å². The van der Waals surface area contributed by atoms with Gasteiger partial charge in [0.15, 0.2) is 0 Å². The Bertz CT molecular complexity index is 345. The van der Waals surface area contributed by atoms with E-state index in [4.69, 9.17) is 15.2 Å². The SMILES string of the molecule is CCCOc1nc(NCCCCOC)ccc1N. The molecule has 0 unspecified atom stereocenters. The lowest BCUT2D eigenvalue weighted by Crippen LogP contribution is -2.07. The maximum absolute atomic E-state index is 5.79. The topological polar surface area (TPSA) is 69.4 Å². The largest absolute Gasteiger partial charge is 0.476 e. The zero-order valence-electron chi connectivity index (χ0n) is 11.2. The van der Waals surface area contributed by atoms with Crippen LogP contribution < -0.4 is 15.8 Å². The van der Waals surface area contributed by atoms with Crippen molar-refractivity contribution in [2.45, 2.75) is 26.2 Å². The second-order valence-corrected chi connectivity index (χ2v) is 4.07. The molecular formula is C13H23N3O2. The van der Waals surface area contributed by atoms with Gasteiger partial charge in [0, 0.05) is 20.3 Å². The number of rotatable bonds is 9. The van der Waals surface area contributed by atoms with E-state index in [0.29, 0.717) is 18.2 Å². The number of ether oxygens (including phenoxy) is 2. The van der Waals surface area contributed by atoms with Crippen molar-refractivity contribution < 1.29 is 9.47 Å². The van der Waals surface area contributed by atoms with Gasteiger partial charge >= 0.3 is 0 Å².